The summed E-state index contributed by atoms with van der Waals surface area (Å²) in [6.45, 7) is 0. The molecule has 0 fully saturated rings. The van der Waals surface area contributed by atoms with Gasteiger partial charge in [-0.25, -0.2) is 4.98 Å². The van der Waals surface area contributed by atoms with Gasteiger partial charge < -0.3 is 0 Å². The van der Waals surface area contributed by atoms with Gasteiger partial charge in [-0.15, -0.1) is 0 Å². The first kappa shape index (κ1) is 12.5. The van der Waals surface area contributed by atoms with Crippen molar-refractivity contribution < 1.29 is 0 Å². The Kier molecular flexibility index (Phi) is 2.83. The Morgan fingerprint density at radius 3 is 2.59 bits per heavy atom. The maximum absolute atomic E-state index is 12.5. The minimum absolute atomic E-state index is 0.127. The maximum Gasteiger partial charge on any atom is 0.273 e. The van der Waals surface area contributed by atoms with Gasteiger partial charge >= 0.3 is 0 Å². The molecule has 0 amide bonds. The van der Waals surface area contributed by atoms with Gasteiger partial charge in [-0.3, -0.25) is 14.5 Å². The number of nitrogens with zero attached hydrogens (tertiary/aromatic N) is 4. The van der Waals surface area contributed by atoms with Crippen LogP contribution < -0.4 is 5.56 Å². The number of fused-ring (bicyclic) bond motifs is 1. The normalized spacial score (nSPS) is 10.9. The van der Waals surface area contributed by atoms with Crippen LogP contribution in [0.1, 0.15) is 0 Å². The van der Waals surface area contributed by atoms with Crippen LogP contribution in [-0.4, -0.2) is 19.2 Å². The van der Waals surface area contributed by atoms with E-state index in [2.05, 4.69) is 9.97 Å². The fourth-order valence-corrected chi connectivity index (χ4v) is 2.47. The van der Waals surface area contributed by atoms with Crippen molar-refractivity contribution in [2.24, 2.45) is 0 Å². The molecule has 106 valence electrons. The van der Waals surface area contributed by atoms with Crippen molar-refractivity contribution >= 4 is 5.65 Å². The molecule has 0 saturated carbocycles. The molecule has 22 heavy (non-hydrogen) atoms. The van der Waals surface area contributed by atoms with Gasteiger partial charge in [-0.05, 0) is 24.3 Å². The van der Waals surface area contributed by atoms with Gasteiger partial charge in [-0.2, -0.15) is 4.52 Å². The van der Waals surface area contributed by atoms with Crippen LogP contribution >= 0.6 is 0 Å². The van der Waals surface area contributed by atoms with Crippen molar-refractivity contribution in [3.05, 3.63) is 83.5 Å². The van der Waals surface area contributed by atoms with Crippen molar-refractivity contribution in [2.45, 2.75) is 0 Å². The van der Waals surface area contributed by atoms with E-state index in [1.807, 2.05) is 54.7 Å². The van der Waals surface area contributed by atoms with E-state index < -0.39 is 0 Å². The third-order valence-corrected chi connectivity index (χ3v) is 3.48. The molecule has 3 aromatic heterocycles. The highest BCUT2D eigenvalue weighted by atomic mass is 16.1. The van der Waals surface area contributed by atoms with Crippen molar-refractivity contribution in [3.8, 4) is 16.9 Å². The van der Waals surface area contributed by atoms with Crippen LogP contribution in [0, 0.1) is 0 Å². The van der Waals surface area contributed by atoms with E-state index in [9.17, 15) is 4.79 Å². The van der Waals surface area contributed by atoms with Crippen LogP contribution in [-0.2, 0) is 0 Å². The topological polar surface area (TPSA) is 52.2 Å². The lowest BCUT2D eigenvalue weighted by Crippen LogP contribution is -2.19. The minimum Gasteiger partial charge on any atom is -0.267 e. The summed E-state index contributed by atoms with van der Waals surface area (Å²) in [6.07, 6.45) is 5.24. The predicted octanol–water partition coefficient (Wildman–Crippen LogP) is 2.55. The highest BCUT2D eigenvalue weighted by molar-refractivity contribution is 5.60. The number of para-hydroxylation sites is 1. The summed E-state index contributed by atoms with van der Waals surface area (Å²) < 4.78 is 3.34. The second-order valence-corrected chi connectivity index (χ2v) is 4.89. The van der Waals surface area contributed by atoms with Crippen LogP contribution in [0.25, 0.3) is 22.6 Å². The molecule has 1 aromatic carbocycles. The van der Waals surface area contributed by atoms with Crippen molar-refractivity contribution in [2.75, 3.05) is 0 Å². The summed E-state index contributed by atoms with van der Waals surface area (Å²) in [6, 6.07) is 16.8. The SMILES string of the molecule is O=c1cc(-c2cccnc2)nc2ccn(-c3ccccc3)n12. The Balaban J connectivity index is 1.94. The zero-order valence-electron chi connectivity index (χ0n) is 11.6. The van der Waals surface area contributed by atoms with Gasteiger partial charge in [0.1, 0.15) is 0 Å². The molecule has 4 rings (SSSR count). The fourth-order valence-electron chi connectivity index (χ4n) is 2.47. The van der Waals surface area contributed by atoms with Gasteiger partial charge in [-0.1, -0.05) is 18.2 Å². The van der Waals surface area contributed by atoms with Crippen LogP contribution in [0.4, 0.5) is 0 Å². The molecule has 0 unspecified atom stereocenters. The fraction of sp³-hybridized carbons (Fsp3) is 0. The molecule has 5 heteroatoms. The number of hydrogen-bond donors (Lipinski definition) is 0. The lowest BCUT2D eigenvalue weighted by atomic mass is 10.2. The molecule has 0 atom stereocenters. The van der Waals surface area contributed by atoms with E-state index in [-0.39, 0.29) is 5.56 Å². The van der Waals surface area contributed by atoms with Crippen LogP contribution in [0.5, 0.6) is 0 Å². The molecule has 0 N–H and O–H groups in total. The molecule has 5 nitrogen and oxygen atoms in total. The van der Waals surface area contributed by atoms with E-state index >= 15 is 0 Å². The predicted molar refractivity (Wildman–Crippen MR) is 84.0 cm³/mol. The highest BCUT2D eigenvalue weighted by Crippen LogP contribution is 2.15. The Morgan fingerprint density at radius 2 is 1.82 bits per heavy atom. The first-order chi connectivity index (χ1) is 10.8. The molecule has 0 aliphatic rings. The molecular formula is C17H12N4O. The van der Waals surface area contributed by atoms with Crippen molar-refractivity contribution in [3.63, 3.8) is 0 Å². The van der Waals surface area contributed by atoms with E-state index in [4.69, 9.17) is 0 Å². The summed E-state index contributed by atoms with van der Waals surface area (Å²) in [5, 5.41) is 0. The van der Waals surface area contributed by atoms with Gasteiger partial charge in [0.25, 0.3) is 5.56 Å². The van der Waals surface area contributed by atoms with Crippen LogP contribution in [0.2, 0.25) is 0 Å². The Hall–Kier alpha value is -3.21. The van der Waals surface area contributed by atoms with Crippen molar-refractivity contribution in [1.29, 1.82) is 0 Å². The number of hydrogen-bond acceptors (Lipinski definition) is 3. The minimum atomic E-state index is -0.127. The largest absolute Gasteiger partial charge is 0.273 e. The smallest absolute Gasteiger partial charge is 0.267 e. The molecule has 0 bridgehead atoms. The van der Waals surface area contributed by atoms with E-state index in [1.54, 1.807) is 21.6 Å². The molecule has 0 radical (unpaired) electrons. The first-order valence-electron chi connectivity index (χ1n) is 6.90. The third-order valence-electron chi connectivity index (χ3n) is 3.48. The lowest BCUT2D eigenvalue weighted by molar-refractivity contribution is 0.765. The molecule has 0 aliphatic carbocycles. The average Bonchev–Trinajstić information content (AvgIpc) is 3.01. The summed E-state index contributed by atoms with van der Waals surface area (Å²) in [5.41, 5.74) is 2.85. The maximum atomic E-state index is 12.5. The van der Waals surface area contributed by atoms with E-state index in [1.165, 1.54) is 6.07 Å². The highest BCUT2D eigenvalue weighted by Gasteiger charge is 2.09. The van der Waals surface area contributed by atoms with Gasteiger partial charge in [0.05, 0.1) is 11.4 Å². The van der Waals surface area contributed by atoms with Gasteiger partial charge in [0.2, 0.25) is 0 Å². The number of rotatable bonds is 2. The molecular weight excluding hydrogens is 276 g/mol. The number of benzene rings is 1. The van der Waals surface area contributed by atoms with E-state index in [0.717, 1.165) is 11.3 Å². The summed E-state index contributed by atoms with van der Waals surface area (Å²) in [7, 11) is 0. The van der Waals surface area contributed by atoms with Crippen molar-refractivity contribution in [1.82, 2.24) is 19.2 Å². The Bertz CT molecular complexity index is 988. The second-order valence-electron chi connectivity index (χ2n) is 4.89. The molecule has 0 spiro atoms. The van der Waals surface area contributed by atoms with Gasteiger partial charge in [0.15, 0.2) is 5.65 Å². The first-order valence-corrected chi connectivity index (χ1v) is 6.90. The molecule has 4 aromatic rings. The summed E-state index contributed by atoms with van der Waals surface area (Å²) in [4.78, 5) is 21.1. The van der Waals surface area contributed by atoms with E-state index in [0.29, 0.717) is 11.3 Å². The third kappa shape index (κ3) is 2.00. The van der Waals surface area contributed by atoms with Gasteiger partial charge in [0, 0.05) is 36.3 Å². The number of aromatic nitrogens is 4. The Morgan fingerprint density at radius 1 is 0.955 bits per heavy atom. The molecule has 0 saturated heterocycles. The zero-order chi connectivity index (χ0) is 14.9. The number of pyridine rings is 1. The molecule has 0 aliphatic heterocycles. The monoisotopic (exact) mass is 288 g/mol. The quantitative estimate of drug-likeness (QED) is 0.569. The Labute approximate surface area is 126 Å². The summed E-state index contributed by atoms with van der Waals surface area (Å²) >= 11 is 0. The molecule has 3 heterocycles. The van der Waals surface area contributed by atoms with Crippen LogP contribution in [0.15, 0.2) is 78.0 Å². The average molecular weight is 288 g/mol. The second kappa shape index (κ2) is 4.96. The van der Waals surface area contributed by atoms with Crippen LogP contribution in [0.3, 0.4) is 0 Å². The standard InChI is InChI=1S/C17H12N4O/c22-17-11-15(13-5-4-9-18-12-13)19-16-8-10-20(21(16)17)14-6-2-1-3-7-14/h1-12H. The lowest BCUT2D eigenvalue weighted by Gasteiger charge is -2.07. The summed E-state index contributed by atoms with van der Waals surface area (Å²) in [5.74, 6) is 0. The zero-order valence-corrected chi connectivity index (χ0v) is 11.6.